The van der Waals surface area contributed by atoms with Crippen molar-refractivity contribution in [3.8, 4) is 11.4 Å². The van der Waals surface area contributed by atoms with Gasteiger partial charge in [-0.3, -0.25) is 0 Å². The summed E-state index contributed by atoms with van der Waals surface area (Å²) in [5, 5.41) is 0. The van der Waals surface area contributed by atoms with Gasteiger partial charge in [-0.2, -0.15) is 0 Å². The van der Waals surface area contributed by atoms with Gasteiger partial charge in [0, 0.05) is 18.0 Å². The summed E-state index contributed by atoms with van der Waals surface area (Å²) < 4.78 is 20.5. The third kappa shape index (κ3) is 9.29. The van der Waals surface area contributed by atoms with E-state index in [0.29, 0.717) is 11.4 Å². The van der Waals surface area contributed by atoms with Gasteiger partial charge >= 0.3 is 5.97 Å². The number of unbranched alkanes of at least 4 members (excludes halogenated alkanes) is 8. The number of carbonyl (C=O) groups is 1. The van der Waals surface area contributed by atoms with Crippen LogP contribution in [0.2, 0.25) is 0 Å². The quantitative estimate of drug-likeness (QED) is 0.182. The van der Waals surface area contributed by atoms with Crippen molar-refractivity contribution in [3.05, 3.63) is 47.5 Å². The lowest BCUT2D eigenvalue weighted by atomic mass is 9.84. The van der Waals surface area contributed by atoms with Gasteiger partial charge in [-0.25, -0.2) is 19.2 Å². The summed E-state index contributed by atoms with van der Waals surface area (Å²) in [6.07, 6.45) is 22.6. The molecule has 0 aliphatic heterocycles. The number of aromatic nitrogens is 2. The van der Waals surface area contributed by atoms with Crippen molar-refractivity contribution < 1.29 is 13.9 Å². The van der Waals surface area contributed by atoms with E-state index in [9.17, 15) is 9.18 Å². The normalized spacial score (nSPS) is 17.8. The molecular weight excluding hydrogens is 451 g/mol. The number of rotatable bonds is 15. The summed E-state index contributed by atoms with van der Waals surface area (Å²) in [7, 11) is 0. The van der Waals surface area contributed by atoms with E-state index in [1.807, 2.05) is 12.4 Å². The van der Waals surface area contributed by atoms with Crippen molar-refractivity contribution in [1.82, 2.24) is 9.97 Å². The smallest absolute Gasteiger partial charge is 0.341 e. The third-order valence-electron chi connectivity index (χ3n) is 7.50. The second kappa shape index (κ2) is 15.7. The van der Waals surface area contributed by atoms with Crippen LogP contribution in [0.1, 0.15) is 126 Å². The highest BCUT2D eigenvalue weighted by atomic mass is 19.1. The third-order valence-corrected chi connectivity index (χ3v) is 7.50. The molecular formula is C31H45FN2O2. The predicted molar refractivity (Wildman–Crippen MR) is 144 cm³/mol. The summed E-state index contributed by atoms with van der Waals surface area (Å²) in [5.41, 5.74) is 1.64. The van der Waals surface area contributed by atoms with Crippen molar-refractivity contribution in [2.45, 2.75) is 123 Å². The maximum absolute atomic E-state index is 14.8. The Morgan fingerprint density at radius 3 is 2.19 bits per heavy atom. The Morgan fingerprint density at radius 2 is 1.53 bits per heavy atom. The van der Waals surface area contributed by atoms with Crippen LogP contribution in [0.25, 0.3) is 11.4 Å². The Kier molecular flexibility index (Phi) is 12.4. The topological polar surface area (TPSA) is 52.1 Å². The first-order valence-electron chi connectivity index (χ1n) is 14.4. The number of halogens is 1. The van der Waals surface area contributed by atoms with E-state index in [-0.39, 0.29) is 11.7 Å². The molecule has 1 aliphatic rings. The zero-order chi connectivity index (χ0) is 25.6. The second-order valence-corrected chi connectivity index (χ2v) is 10.5. The van der Waals surface area contributed by atoms with Gasteiger partial charge in [0.15, 0.2) is 5.82 Å². The van der Waals surface area contributed by atoms with Crippen molar-refractivity contribution >= 4 is 5.97 Å². The first-order valence-corrected chi connectivity index (χ1v) is 14.4. The fourth-order valence-electron chi connectivity index (χ4n) is 5.18. The number of esters is 1. The Bertz CT molecular complexity index is 907. The molecule has 0 radical (unpaired) electrons. The van der Waals surface area contributed by atoms with Crippen LogP contribution in [-0.2, 0) is 11.2 Å². The summed E-state index contributed by atoms with van der Waals surface area (Å²) in [6.45, 7) is 4.43. The molecule has 4 nitrogen and oxygen atoms in total. The Balaban J connectivity index is 1.41. The number of hydrogen-bond donors (Lipinski definition) is 0. The number of ether oxygens (including phenoxy) is 1. The molecule has 1 aromatic carbocycles. The van der Waals surface area contributed by atoms with E-state index >= 15 is 0 Å². The Hall–Kier alpha value is -2.30. The van der Waals surface area contributed by atoms with Crippen LogP contribution in [0.4, 0.5) is 4.39 Å². The summed E-state index contributed by atoms with van der Waals surface area (Å²) in [6, 6.07) is 4.53. The zero-order valence-corrected chi connectivity index (χ0v) is 22.4. The highest BCUT2D eigenvalue weighted by Gasteiger charge is 2.25. The van der Waals surface area contributed by atoms with Gasteiger partial charge in [-0.15, -0.1) is 0 Å². The van der Waals surface area contributed by atoms with Crippen molar-refractivity contribution in [2.24, 2.45) is 5.92 Å². The lowest BCUT2D eigenvalue weighted by Gasteiger charge is -2.28. The van der Waals surface area contributed by atoms with E-state index in [1.54, 1.807) is 6.07 Å². The van der Waals surface area contributed by atoms with Gasteiger partial charge in [0.2, 0.25) is 0 Å². The monoisotopic (exact) mass is 496 g/mol. The van der Waals surface area contributed by atoms with Gasteiger partial charge in [0.1, 0.15) is 11.9 Å². The molecule has 0 amide bonds. The standard InChI is InChI=1S/C31H45FN2O2/c1-3-5-7-8-9-10-12-13-24-15-18-27(19-16-24)36-31(35)28-20-17-26(21-29(28)32)30-33-22-25(23-34-30)14-11-6-4-2/h17,20-24,27H,3-16,18-19H2,1-2H3/t24-,27-. The van der Waals surface area contributed by atoms with Crippen LogP contribution in [0, 0.1) is 11.7 Å². The van der Waals surface area contributed by atoms with Gasteiger partial charge in [-0.05, 0) is 62.1 Å². The minimum absolute atomic E-state index is 0.0138. The number of benzene rings is 1. The van der Waals surface area contributed by atoms with Crippen LogP contribution in [-0.4, -0.2) is 22.0 Å². The molecule has 3 rings (SSSR count). The van der Waals surface area contributed by atoms with Gasteiger partial charge < -0.3 is 4.74 Å². The largest absolute Gasteiger partial charge is 0.459 e. The molecule has 0 atom stereocenters. The molecule has 1 fully saturated rings. The van der Waals surface area contributed by atoms with Crippen LogP contribution in [0.3, 0.4) is 0 Å². The summed E-state index contributed by atoms with van der Waals surface area (Å²) >= 11 is 0. The number of hydrogen-bond acceptors (Lipinski definition) is 4. The number of aryl methyl sites for hydroxylation is 1. The fraction of sp³-hybridized carbons (Fsp3) is 0.645. The molecule has 36 heavy (non-hydrogen) atoms. The van der Waals surface area contributed by atoms with Crippen molar-refractivity contribution in [3.63, 3.8) is 0 Å². The molecule has 0 saturated heterocycles. The van der Waals surface area contributed by atoms with E-state index in [2.05, 4.69) is 23.8 Å². The molecule has 0 bridgehead atoms. The molecule has 5 heteroatoms. The lowest BCUT2D eigenvalue weighted by molar-refractivity contribution is 0.0156. The average molecular weight is 497 g/mol. The van der Waals surface area contributed by atoms with Crippen molar-refractivity contribution in [1.29, 1.82) is 0 Å². The highest BCUT2D eigenvalue weighted by Crippen LogP contribution is 2.31. The van der Waals surface area contributed by atoms with Crippen molar-refractivity contribution in [2.75, 3.05) is 0 Å². The minimum Gasteiger partial charge on any atom is -0.459 e. The van der Waals surface area contributed by atoms with E-state index in [4.69, 9.17) is 4.74 Å². The lowest BCUT2D eigenvalue weighted by Crippen LogP contribution is -2.25. The first-order chi connectivity index (χ1) is 17.6. The molecule has 198 valence electrons. The molecule has 1 aromatic heterocycles. The van der Waals surface area contributed by atoms with Crippen LogP contribution < -0.4 is 0 Å². The average Bonchev–Trinajstić information content (AvgIpc) is 2.89. The molecule has 1 heterocycles. The Labute approximate surface area is 217 Å². The van der Waals surface area contributed by atoms with Crippen LogP contribution >= 0.6 is 0 Å². The second-order valence-electron chi connectivity index (χ2n) is 10.5. The number of carbonyl (C=O) groups excluding carboxylic acids is 1. The predicted octanol–water partition coefficient (Wildman–Crippen LogP) is 8.87. The SMILES string of the molecule is CCCCCCCCC[C@H]1CC[C@H](OC(=O)c2ccc(-c3ncc(CCCCC)cn3)cc2F)CC1. The molecule has 2 aromatic rings. The maximum Gasteiger partial charge on any atom is 0.341 e. The van der Waals surface area contributed by atoms with Gasteiger partial charge in [0.25, 0.3) is 0 Å². The van der Waals surface area contributed by atoms with E-state index in [1.165, 1.54) is 76.3 Å². The maximum atomic E-state index is 14.8. The minimum atomic E-state index is -0.583. The molecule has 1 aliphatic carbocycles. The zero-order valence-electron chi connectivity index (χ0n) is 22.4. The summed E-state index contributed by atoms with van der Waals surface area (Å²) in [5.74, 6) is 0.0551. The molecule has 0 unspecified atom stereocenters. The molecule has 0 spiro atoms. The van der Waals surface area contributed by atoms with Crippen LogP contribution in [0.5, 0.6) is 0 Å². The summed E-state index contributed by atoms with van der Waals surface area (Å²) in [4.78, 5) is 21.4. The highest BCUT2D eigenvalue weighted by molar-refractivity contribution is 5.90. The first kappa shape index (κ1) is 28.3. The van der Waals surface area contributed by atoms with Crippen LogP contribution in [0.15, 0.2) is 30.6 Å². The Morgan fingerprint density at radius 1 is 0.889 bits per heavy atom. The fourth-order valence-corrected chi connectivity index (χ4v) is 5.18. The van der Waals surface area contributed by atoms with E-state index in [0.717, 1.165) is 50.0 Å². The molecule has 1 saturated carbocycles. The number of nitrogens with zero attached hydrogens (tertiary/aromatic N) is 2. The van der Waals surface area contributed by atoms with E-state index < -0.39 is 11.8 Å². The molecule has 0 N–H and O–H groups in total. The van der Waals surface area contributed by atoms with Gasteiger partial charge in [0.05, 0.1) is 5.56 Å². The van der Waals surface area contributed by atoms with Gasteiger partial charge in [-0.1, -0.05) is 84.1 Å².